The lowest BCUT2D eigenvalue weighted by Crippen LogP contribution is -2.56. The minimum Gasteiger partial charge on any atom is -0.454 e. The molecule has 21 heavy (non-hydrogen) atoms. The van der Waals surface area contributed by atoms with Crippen LogP contribution in [-0.4, -0.2) is 35.1 Å². The fraction of sp³-hybridized carbons (Fsp3) is 0.667. The van der Waals surface area contributed by atoms with Crippen LogP contribution < -0.4 is 11.3 Å². The van der Waals surface area contributed by atoms with Gasteiger partial charge in [0.05, 0.1) is 17.7 Å². The Kier molecular flexibility index (Phi) is 4.15. The molecule has 1 aromatic heterocycles. The molecule has 118 valence electrons. The fourth-order valence-electron chi connectivity index (χ4n) is 3.19. The third-order valence-corrected chi connectivity index (χ3v) is 3.45. The van der Waals surface area contributed by atoms with Crippen LogP contribution in [-0.2, 0) is 11.3 Å². The summed E-state index contributed by atoms with van der Waals surface area (Å²) >= 11 is 0. The van der Waals surface area contributed by atoms with Gasteiger partial charge in [-0.1, -0.05) is 0 Å². The Morgan fingerprint density at radius 2 is 1.90 bits per heavy atom. The van der Waals surface area contributed by atoms with Crippen LogP contribution in [0.3, 0.4) is 0 Å². The number of ether oxygens (including phenoxy) is 1. The first kappa shape index (κ1) is 16.0. The number of nitrogens with zero attached hydrogens (tertiary/aromatic N) is 1. The third-order valence-electron chi connectivity index (χ3n) is 3.45. The van der Waals surface area contributed by atoms with Crippen molar-refractivity contribution in [2.45, 2.75) is 52.4 Å². The molecule has 0 aromatic carbocycles. The maximum Gasteiger partial charge on any atom is 0.301 e. The number of carbonyl (C=O) groups is 1. The zero-order valence-electron chi connectivity index (χ0n) is 13.4. The van der Waals surface area contributed by atoms with Crippen molar-refractivity contribution in [2.24, 2.45) is 5.84 Å². The molecule has 1 aromatic rings. The van der Waals surface area contributed by atoms with Crippen molar-refractivity contribution in [1.82, 2.24) is 10.3 Å². The maximum atomic E-state index is 11.6. The highest BCUT2D eigenvalue weighted by molar-refractivity contribution is 5.92. The number of nitrogen functional groups attached to an aromatic ring is 1. The molecule has 0 aliphatic carbocycles. The predicted molar refractivity (Wildman–Crippen MR) is 79.6 cm³/mol. The summed E-state index contributed by atoms with van der Waals surface area (Å²) in [5, 5.41) is 0. The van der Waals surface area contributed by atoms with E-state index in [0.717, 1.165) is 24.4 Å². The zero-order valence-corrected chi connectivity index (χ0v) is 13.4. The van der Waals surface area contributed by atoms with Gasteiger partial charge in [0.2, 0.25) is 0 Å². The molecule has 0 saturated carbocycles. The molecule has 0 atom stereocenters. The molecule has 1 saturated heterocycles. The van der Waals surface area contributed by atoms with Gasteiger partial charge < -0.3 is 9.15 Å². The fourth-order valence-corrected chi connectivity index (χ4v) is 3.19. The minimum atomic E-state index is -0.401. The Balaban J connectivity index is 2.13. The van der Waals surface area contributed by atoms with Crippen LogP contribution in [0.2, 0.25) is 0 Å². The molecule has 3 N–H and O–H groups in total. The lowest BCUT2D eigenvalue weighted by atomic mass is 9.99. The molecule has 2 heterocycles. The predicted octanol–water partition coefficient (Wildman–Crippen LogP) is 1.58. The number of hydrogen-bond acceptors (Lipinski definition) is 5. The zero-order chi connectivity index (χ0) is 15.8. The van der Waals surface area contributed by atoms with E-state index in [-0.39, 0.29) is 17.0 Å². The monoisotopic (exact) mass is 295 g/mol. The van der Waals surface area contributed by atoms with E-state index in [1.54, 1.807) is 0 Å². The number of furan rings is 1. The van der Waals surface area contributed by atoms with Crippen LogP contribution in [0, 0.1) is 6.92 Å². The second kappa shape index (κ2) is 5.44. The molecule has 6 heteroatoms. The van der Waals surface area contributed by atoms with Crippen molar-refractivity contribution < 1.29 is 13.9 Å². The number of carbonyl (C=O) groups excluding carboxylic acids is 1. The Bertz CT molecular complexity index is 518. The molecular formula is C15H25N3O3. The molecule has 1 aliphatic heterocycles. The smallest absolute Gasteiger partial charge is 0.301 e. The van der Waals surface area contributed by atoms with E-state index in [9.17, 15) is 4.79 Å². The molecular weight excluding hydrogens is 270 g/mol. The van der Waals surface area contributed by atoms with Gasteiger partial charge in [-0.2, -0.15) is 0 Å². The van der Waals surface area contributed by atoms with Crippen LogP contribution in [0.5, 0.6) is 0 Å². The number of aryl methyl sites for hydroxylation is 1. The van der Waals surface area contributed by atoms with Crippen LogP contribution in [0.15, 0.2) is 10.5 Å². The van der Waals surface area contributed by atoms with Crippen LogP contribution in [0.1, 0.15) is 49.6 Å². The van der Waals surface area contributed by atoms with Crippen molar-refractivity contribution in [3.8, 4) is 0 Å². The Hall–Kier alpha value is -1.37. The van der Waals surface area contributed by atoms with Gasteiger partial charge in [-0.15, -0.1) is 0 Å². The average Bonchev–Trinajstić information content (AvgIpc) is 2.64. The largest absolute Gasteiger partial charge is 0.454 e. The highest BCUT2D eigenvalue weighted by Gasteiger charge is 2.38. The van der Waals surface area contributed by atoms with E-state index >= 15 is 0 Å². The van der Waals surface area contributed by atoms with Gasteiger partial charge in [0.15, 0.2) is 5.76 Å². The van der Waals surface area contributed by atoms with Gasteiger partial charge in [0.25, 0.3) is 0 Å². The van der Waals surface area contributed by atoms with Crippen molar-refractivity contribution in [2.75, 3.05) is 13.1 Å². The lowest BCUT2D eigenvalue weighted by Gasteiger charge is -2.47. The van der Waals surface area contributed by atoms with Gasteiger partial charge in [-0.05, 0) is 40.7 Å². The van der Waals surface area contributed by atoms with Crippen LogP contribution in [0.4, 0.5) is 0 Å². The summed E-state index contributed by atoms with van der Waals surface area (Å²) in [6.45, 7) is 12.5. The number of morpholine rings is 1. The molecule has 2 rings (SSSR count). The summed E-state index contributed by atoms with van der Waals surface area (Å²) in [5.41, 5.74) is 2.48. The summed E-state index contributed by atoms with van der Waals surface area (Å²) in [6, 6.07) is 1.89. The SMILES string of the molecule is Cc1cc(CN2CC(C)(C)OC(C)(C)C2)oc1C(=O)NN. The number of nitrogens with two attached hydrogens (primary N) is 1. The summed E-state index contributed by atoms with van der Waals surface area (Å²) < 4.78 is 11.7. The molecule has 1 amide bonds. The summed E-state index contributed by atoms with van der Waals surface area (Å²) in [6.07, 6.45) is 0. The van der Waals surface area contributed by atoms with E-state index in [2.05, 4.69) is 38.0 Å². The number of rotatable bonds is 3. The van der Waals surface area contributed by atoms with Crippen molar-refractivity contribution in [3.63, 3.8) is 0 Å². The van der Waals surface area contributed by atoms with Crippen LogP contribution >= 0.6 is 0 Å². The topological polar surface area (TPSA) is 80.7 Å². The van der Waals surface area contributed by atoms with Crippen molar-refractivity contribution in [1.29, 1.82) is 0 Å². The second-order valence-electron chi connectivity index (χ2n) is 6.96. The maximum absolute atomic E-state index is 11.6. The summed E-state index contributed by atoms with van der Waals surface area (Å²) in [5.74, 6) is 5.79. The molecule has 0 spiro atoms. The normalized spacial score (nSPS) is 21.2. The van der Waals surface area contributed by atoms with E-state index in [0.29, 0.717) is 6.54 Å². The van der Waals surface area contributed by atoms with Gasteiger partial charge >= 0.3 is 5.91 Å². The van der Waals surface area contributed by atoms with Crippen molar-refractivity contribution in [3.05, 3.63) is 23.2 Å². The Morgan fingerprint density at radius 3 is 2.43 bits per heavy atom. The number of hydrogen-bond donors (Lipinski definition) is 2. The van der Waals surface area contributed by atoms with E-state index in [1.807, 2.05) is 13.0 Å². The highest BCUT2D eigenvalue weighted by Crippen LogP contribution is 2.29. The Labute approximate surface area is 125 Å². The van der Waals surface area contributed by atoms with Crippen LogP contribution in [0.25, 0.3) is 0 Å². The first-order chi connectivity index (χ1) is 9.62. The number of hydrazine groups is 1. The molecule has 6 nitrogen and oxygen atoms in total. The summed E-state index contributed by atoms with van der Waals surface area (Å²) in [7, 11) is 0. The Morgan fingerprint density at radius 1 is 1.33 bits per heavy atom. The van der Waals surface area contributed by atoms with Gasteiger partial charge in [0.1, 0.15) is 5.76 Å². The van der Waals surface area contributed by atoms with Crippen molar-refractivity contribution >= 4 is 5.91 Å². The molecule has 0 unspecified atom stereocenters. The van der Waals surface area contributed by atoms with E-state index in [4.69, 9.17) is 15.0 Å². The first-order valence-corrected chi connectivity index (χ1v) is 7.15. The first-order valence-electron chi connectivity index (χ1n) is 7.15. The molecule has 0 radical (unpaired) electrons. The summed E-state index contributed by atoms with van der Waals surface area (Å²) in [4.78, 5) is 13.9. The standard InChI is InChI=1S/C15H25N3O3/c1-10-6-11(20-12(10)13(19)17-16)7-18-8-14(2,3)21-15(4,5)9-18/h6H,7-9,16H2,1-5H3,(H,17,19). The van der Waals surface area contributed by atoms with Gasteiger partial charge in [-0.25, -0.2) is 5.84 Å². The van der Waals surface area contributed by atoms with E-state index in [1.165, 1.54) is 0 Å². The van der Waals surface area contributed by atoms with E-state index < -0.39 is 5.91 Å². The quantitative estimate of drug-likeness (QED) is 0.503. The molecule has 0 bridgehead atoms. The molecule has 1 aliphatic rings. The minimum absolute atomic E-state index is 0.207. The number of nitrogens with one attached hydrogen (secondary N) is 1. The molecule has 1 fully saturated rings. The highest BCUT2D eigenvalue weighted by atomic mass is 16.5. The second-order valence-corrected chi connectivity index (χ2v) is 6.96. The van der Waals surface area contributed by atoms with Gasteiger partial charge in [-0.3, -0.25) is 15.1 Å². The average molecular weight is 295 g/mol. The van der Waals surface area contributed by atoms with Gasteiger partial charge in [0, 0.05) is 18.7 Å². The lowest BCUT2D eigenvalue weighted by molar-refractivity contribution is -0.182. The number of amides is 1. The third kappa shape index (κ3) is 3.84.